The van der Waals surface area contributed by atoms with Gasteiger partial charge in [-0.1, -0.05) is 31.4 Å². The van der Waals surface area contributed by atoms with E-state index in [9.17, 15) is 20.4 Å². The number of rotatable bonds is 7. The Morgan fingerprint density at radius 3 is 2.59 bits per heavy atom. The van der Waals surface area contributed by atoms with Crippen molar-refractivity contribution in [3.8, 4) is 11.5 Å². The van der Waals surface area contributed by atoms with E-state index < -0.39 is 37.3 Å². The molecule has 0 aromatic heterocycles. The molecule has 1 unspecified atom stereocenters. The fourth-order valence-electron chi connectivity index (χ4n) is 5.72. The summed E-state index contributed by atoms with van der Waals surface area (Å²) in [5, 5.41) is 40.4. The summed E-state index contributed by atoms with van der Waals surface area (Å²) in [5.41, 5.74) is 3.03. The molecule has 0 radical (unpaired) electrons. The van der Waals surface area contributed by atoms with Gasteiger partial charge >= 0.3 is 0 Å². The molecule has 1 aliphatic carbocycles. The number of fused-ring (bicyclic) bond motifs is 3. The van der Waals surface area contributed by atoms with E-state index in [0.29, 0.717) is 5.75 Å². The maximum atomic E-state index is 10.4. The summed E-state index contributed by atoms with van der Waals surface area (Å²) >= 11 is 0. The lowest BCUT2D eigenvalue weighted by molar-refractivity contribution is -0.313. The van der Waals surface area contributed by atoms with E-state index in [4.69, 9.17) is 14.2 Å². The van der Waals surface area contributed by atoms with Gasteiger partial charge in [0.2, 0.25) is 6.29 Å². The number of hydrogen-bond acceptors (Lipinski definition) is 7. The topological polar surface area (TPSA) is 109 Å². The van der Waals surface area contributed by atoms with Gasteiger partial charge in [-0.3, -0.25) is 0 Å². The van der Waals surface area contributed by atoms with Gasteiger partial charge in [0.1, 0.15) is 23.2 Å². The fourth-order valence-corrected chi connectivity index (χ4v) is 5.72. The van der Waals surface area contributed by atoms with Crippen molar-refractivity contribution in [2.75, 3.05) is 6.61 Å². The van der Waals surface area contributed by atoms with Crippen LogP contribution in [0.4, 0.5) is 0 Å². The summed E-state index contributed by atoms with van der Waals surface area (Å²) in [5.74, 6) is 0.844. The minimum Gasteiger partial charge on any atom is -0.487 e. The molecule has 1 aromatic rings. The number of aliphatic hydroxyl groups excluding tert-OH is 4. The standard InChI is InChI=1S/C27H40O7/c1-5-6-7-8-16-12-20(32-26-18(14-28)23(29)24(30)25(31)33-26)22-17-11-15(2)9-10-19(17)27(3,4)34-21(22)13-16/h11-13,17-19,23-26,28-31H,5-10,14H2,1-4H3/t17-,18-,19-,23-,24+,25+,26?/m1/s1. The molecule has 34 heavy (non-hydrogen) atoms. The lowest BCUT2D eigenvalue weighted by Crippen LogP contribution is -2.57. The molecule has 0 amide bonds. The Hall–Kier alpha value is -1.64. The van der Waals surface area contributed by atoms with Crippen molar-refractivity contribution in [3.05, 3.63) is 34.9 Å². The second kappa shape index (κ2) is 10.2. The monoisotopic (exact) mass is 476 g/mol. The van der Waals surface area contributed by atoms with E-state index in [1.165, 1.54) is 5.57 Å². The van der Waals surface area contributed by atoms with Crippen LogP contribution in [0.15, 0.2) is 23.8 Å². The van der Waals surface area contributed by atoms with E-state index in [0.717, 1.165) is 55.4 Å². The van der Waals surface area contributed by atoms with Gasteiger partial charge in [0.05, 0.1) is 18.6 Å². The normalized spacial score (nSPS) is 34.5. The molecular formula is C27H40O7. The molecule has 1 saturated heterocycles. The zero-order valence-corrected chi connectivity index (χ0v) is 20.7. The Labute approximate surface area is 202 Å². The van der Waals surface area contributed by atoms with Crippen molar-refractivity contribution in [2.45, 2.75) is 103 Å². The van der Waals surface area contributed by atoms with Gasteiger partial charge in [-0.2, -0.15) is 0 Å². The van der Waals surface area contributed by atoms with Crippen LogP contribution >= 0.6 is 0 Å². The third kappa shape index (κ3) is 4.86. The van der Waals surface area contributed by atoms with Crippen LogP contribution in [0.5, 0.6) is 11.5 Å². The van der Waals surface area contributed by atoms with Crippen molar-refractivity contribution in [1.82, 2.24) is 0 Å². The lowest BCUT2D eigenvalue weighted by atomic mass is 9.68. The smallest absolute Gasteiger partial charge is 0.210 e. The molecule has 2 heterocycles. The SMILES string of the molecule is CCCCCc1cc(OC2O[C@H](O)[C@@H](O)[C@H](O)[C@H]2CO)c2c(c1)OC(C)(C)[C@@H]1CCC(C)=C[C@@H]21. The molecule has 2 aliphatic heterocycles. The highest BCUT2D eigenvalue weighted by Crippen LogP contribution is 2.54. The van der Waals surface area contributed by atoms with Crippen LogP contribution in [0.2, 0.25) is 0 Å². The van der Waals surface area contributed by atoms with Gasteiger partial charge in [-0.25, -0.2) is 0 Å². The van der Waals surface area contributed by atoms with E-state index >= 15 is 0 Å². The van der Waals surface area contributed by atoms with Crippen molar-refractivity contribution in [3.63, 3.8) is 0 Å². The number of unbranched alkanes of at least 4 members (excludes halogenated alkanes) is 2. The first-order chi connectivity index (χ1) is 16.2. The predicted octanol–water partition coefficient (Wildman–Crippen LogP) is 3.41. The molecule has 7 nitrogen and oxygen atoms in total. The molecule has 4 rings (SSSR count). The van der Waals surface area contributed by atoms with Gasteiger partial charge in [0.15, 0.2) is 6.29 Å². The molecule has 7 heteroatoms. The highest BCUT2D eigenvalue weighted by atomic mass is 16.7. The quantitative estimate of drug-likeness (QED) is 0.353. The second-order valence-corrected chi connectivity index (χ2v) is 10.7. The van der Waals surface area contributed by atoms with Crippen LogP contribution in [-0.4, -0.2) is 57.4 Å². The molecule has 4 N–H and O–H groups in total. The van der Waals surface area contributed by atoms with Gasteiger partial charge in [-0.15, -0.1) is 0 Å². The zero-order chi connectivity index (χ0) is 24.6. The highest BCUT2D eigenvalue weighted by Gasteiger charge is 2.48. The van der Waals surface area contributed by atoms with Crippen molar-refractivity contribution in [1.29, 1.82) is 0 Å². The Morgan fingerprint density at radius 2 is 1.88 bits per heavy atom. The largest absolute Gasteiger partial charge is 0.487 e. The third-order valence-electron chi connectivity index (χ3n) is 7.74. The molecule has 190 valence electrons. The summed E-state index contributed by atoms with van der Waals surface area (Å²) in [6.07, 6.45) is 2.92. The first kappa shape index (κ1) is 25.5. The van der Waals surface area contributed by atoms with Gasteiger partial charge < -0.3 is 34.6 Å². The van der Waals surface area contributed by atoms with Gasteiger partial charge in [0, 0.05) is 17.4 Å². The summed E-state index contributed by atoms with van der Waals surface area (Å²) in [6.45, 7) is 8.16. The van der Waals surface area contributed by atoms with Gasteiger partial charge in [-0.05, 0) is 64.2 Å². The Kier molecular flexibility index (Phi) is 7.60. The number of ether oxygens (including phenoxy) is 3. The molecule has 0 saturated carbocycles. The summed E-state index contributed by atoms with van der Waals surface area (Å²) in [6, 6.07) is 4.12. The summed E-state index contributed by atoms with van der Waals surface area (Å²) < 4.78 is 18.4. The molecule has 7 atom stereocenters. The average molecular weight is 477 g/mol. The Bertz CT molecular complexity index is 895. The van der Waals surface area contributed by atoms with Crippen LogP contribution < -0.4 is 9.47 Å². The maximum Gasteiger partial charge on any atom is 0.210 e. The number of aryl methyl sites for hydroxylation is 1. The molecular weight excluding hydrogens is 436 g/mol. The minimum atomic E-state index is -1.61. The number of hydrogen-bond donors (Lipinski definition) is 4. The maximum absolute atomic E-state index is 10.4. The summed E-state index contributed by atoms with van der Waals surface area (Å²) in [7, 11) is 0. The average Bonchev–Trinajstić information content (AvgIpc) is 2.77. The van der Waals surface area contributed by atoms with Crippen molar-refractivity contribution < 1.29 is 34.6 Å². The van der Waals surface area contributed by atoms with Crippen LogP contribution in [-0.2, 0) is 11.2 Å². The number of allylic oxidation sites excluding steroid dienone is 2. The lowest BCUT2D eigenvalue weighted by Gasteiger charge is -2.47. The van der Waals surface area contributed by atoms with Gasteiger partial charge in [0.25, 0.3) is 0 Å². The summed E-state index contributed by atoms with van der Waals surface area (Å²) in [4.78, 5) is 0. The Morgan fingerprint density at radius 1 is 1.12 bits per heavy atom. The van der Waals surface area contributed by atoms with Crippen LogP contribution in [0.3, 0.4) is 0 Å². The molecule has 1 fully saturated rings. The zero-order valence-electron chi connectivity index (χ0n) is 20.7. The van der Waals surface area contributed by atoms with Crippen molar-refractivity contribution >= 4 is 0 Å². The van der Waals surface area contributed by atoms with Crippen LogP contribution in [0.25, 0.3) is 0 Å². The highest BCUT2D eigenvalue weighted by molar-refractivity contribution is 5.54. The fraction of sp³-hybridized carbons (Fsp3) is 0.704. The molecule has 3 aliphatic rings. The number of benzene rings is 1. The van der Waals surface area contributed by atoms with Crippen molar-refractivity contribution in [2.24, 2.45) is 11.8 Å². The molecule has 0 spiro atoms. The van der Waals surface area contributed by atoms with E-state index in [1.807, 2.05) is 6.07 Å². The molecule has 1 aromatic carbocycles. The molecule has 0 bridgehead atoms. The first-order valence-electron chi connectivity index (χ1n) is 12.7. The second-order valence-electron chi connectivity index (χ2n) is 10.7. The van der Waals surface area contributed by atoms with E-state index in [2.05, 4.69) is 39.8 Å². The van der Waals surface area contributed by atoms with Crippen LogP contribution in [0.1, 0.15) is 76.8 Å². The Balaban J connectivity index is 1.76. The van der Waals surface area contributed by atoms with E-state index in [-0.39, 0.29) is 17.4 Å². The predicted molar refractivity (Wildman–Crippen MR) is 128 cm³/mol. The minimum absolute atomic E-state index is 0.101. The van der Waals surface area contributed by atoms with Crippen LogP contribution in [0, 0.1) is 11.8 Å². The van der Waals surface area contributed by atoms with E-state index in [1.54, 1.807) is 0 Å². The number of aliphatic hydroxyl groups is 4. The third-order valence-corrected chi connectivity index (χ3v) is 7.74. The first-order valence-corrected chi connectivity index (χ1v) is 12.7.